The first kappa shape index (κ1) is 59.8. The normalized spacial score (nSPS) is 30.4. The summed E-state index contributed by atoms with van der Waals surface area (Å²) in [6.45, 7) is 11.8. The SMILES string of the molecule is CNC[C@@H]1c2onc(OCc3ccccc3)c2C(=O)[C@]2(O)C=C[C@H]1[C@@H](C)[C@H]2C.C[C@@H]1C=C[C@@H]2O[C@]2(C(=O)c2c(OCc3ccccc3)noc2CN(C)C)[C@@H]1C.C[C@@H]1[C@H](O)C=C[C@H]2[C@H](N(C)C)c3onc(OCc4ccccc4)c3C(=O)[C@@]12O. The molecule has 4 N–H and O–H groups in total. The molecule has 1 aliphatic heterocycles. The van der Waals surface area contributed by atoms with Crippen LogP contribution in [0.5, 0.6) is 17.6 Å². The minimum absolute atomic E-state index is 0.0657. The first-order chi connectivity index (χ1) is 40.3. The molecule has 6 aromatic rings. The molecule has 0 saturated carbocycles. The first-order valence-electron chi connectivity index (χ1n) is 28.7. The summed E-state index contributed by atoms with van der Waals surface area (Å²) in [5, 5.41) is 48.3. The van der Waals surface area contributed by atoms with Crippen LogP contribution in [-0.4, -0.2) is 129 Å². The van der Waals surface area contributed by atoms with E-state index in [0.717, 1.165) is 16.7 Å². The van der Waals surface area contributed by atoms with Crippen LogP contribution in [0.15, 0.2) is 141 Å². The van der Waals surface area contributed by atoms with Gasteiger partial charge in [0.2, 0.25) is 17.3 Å². The molecule has 84 heavy (non-hydrogen) atoms. The molecule has 1 fully saturated rings. The van der Waals surface area contributed by atoms with E-state index in [1.807, 2.05) is 155 Å². The summed E-state index contributed by atoms with van der Waals surface area (Å²) in [6, 6.07) is 28.6. The number of aromatic nitrogens is 3. The Bertz CT molecular complexity index is 3390. The Labute approximate surface area is 489 Å². The number of ketones is 3. The molecule has 0 amide bonds. The number of allylic oxidation sites excluding steroid dienone is 2. The van der Waals surface area contributed by atoms with Gasteiger partial charge in [0, 0.05) is 30.2 Å². The number of nitrogens with one attached hydrogen (secondary N) is 1. The second-order valence-corrected chi connectivity index (χ2v) is 23.6. The van der Waals surface area contributed by atoms with Gasteiger partial charge in [-0.3, -0.25) is 19.3 Å². The number of ether oxygens (including phenoxy) is 4. The van der Waals surface area contributed by atoms with Crippen molar-refractivity contribution in [2.45, 2.75) is 102 Å². The fourth-order valence-corrected chi connectivity index (χ4v) is 12.6. The predicted molar refractivity (Wildman–Crippen MR) is 309 cm³/mol. The van der Waals surface area contributed by atoms with Gasteiger partial charge in [-0.2, -0.15) is 0 Å². The van der Waals surface area contributed by atoms with Crippen molar-refractivity contribution < 1.29 is 62.2 Å². The number of carbonyl (C=O) groups is 3. The van der Waals surface area contributed by atoms with Crippen LogP contribution in [0.25, 0.3) is 0 Å². The van der Waals surface area contributed by atoms with Gasteiger partial charge in [-0.25, -0.2) is 0 Å². The Morgan fingerprint density at radius 3 is 1.74 bits per heavy atom. The molecule has 19 nitrogen and oxygen atoms in total. The number of epoxide rings is 1. The minimum atomic E-state index is -1.77. The number of nitrogens with zero attached hydrogens (tertiary/aromatic N) is 5. The van der Waals surface area contributed by atoms with Crippen molar-refractivity contribution in [3.05, 3.63) is 178 Å². The van der Waals surface area contributed by atoms with Crippen LogP contribution in [0, 0.1) is 41.4 Å². The quantitative estimate of drug-likeness (QED) is 0.0403. The summed E-state index contributed by atoms with van der Waals surface area (Å²) in [4.78, 5) is 44.3. The summed E-state index contributed by atoms with van der Waals surface area (Å²) in [6.07, 6.45) is 9.95. The van der Waals surface area contributed by atoms with E-state index in [0.29, 0.717) is 42.5 Å². The average molecular weight is 1150 g/mol. The van der Waals surface area contributed by atoms with Gasteiger partial charge in [-0.05, 0) is 97.1 Å². The van der Waals surface area contributed by atoms with Crippen LogP contribution in [-0.2, 0) is 31.1 Å². The van der Waals surface area contributed by atoms with Crippen LogP contribution in [0.3, 0.4) is 0 Å². The topological polar surface area (TPSA) is 249 Å². The highest BCUT2D eigenvalue weighted by Gasteiger charge is 2.68. The Balaban J connectivity index is 0.000000140. The molecule has 6 aliphatic carbocycles. The zero-order chi connectivity index (χ0) is 59.8. The van der Waals surface area contributed by atoms with Gasteiger partial charge >= 0.3 is 0 Å². The zero-order valence-electron chi connectivity index (χ0n) is 49.2. The van der Waals surface area contributed by atoms with Crippen molar-refractivity contribution in [2.24, 2.45) is 41.4 Å². The van der Waals surface area contributed by atoms with Gasteiger partial charge in [0.05, 0.1) is 18.7 Å². The van der Waals surface area contributed by atoms with Crippen molar-refractivity contribution in [1.29, 1.82) is 0 Å². The standard InChI is InChI=1S/2C22H26N2O4.C21H24N2O5/c1-14-10-11-18-22(27-18,15(14)2)20(25)19-17(12-24(3)4)28-23-21(19)26-13-16-8-6-5-7-9-16;1-13-14(2)22(26)10-9-16(13)17(11-23-3)19-18(20(22)25)21(24-28-19)27-12-15-7-5-4-6-8-15;1-12-15(24)10-9-14-17(23(2)3)18-16(19(25)21(12,14)26)20(22-28-18)27-11-13-7-5-4-6-8-13/h5-11,14-15,18H,12-13H2,1-4H3;4-10,13-14,16-17,23,26H,11-12H2,1-3H3;4-10,12,14-15,17,24,26H,11H2,1-3H3/t14-,15-,18+,22-;13-,14+,16-,17-,22-;12-,14+,15-,17+,21-/m101/s1. The molecular formula is C65H76N6O13. The Hall–Kier alpha value is -7.36. The Morgan fingerprint density at radius 1 is 0.655 bits per heavy atom. The first-order valence-corrected chi connectivity index (χ1v) is 28.7. The number of fused-ring (bicyclic) bond motifs is 4. The van der Waals surface area contributed by atoms with E-state index in [1.54, 1.807) is 25.2 Å². The lowest BCUT2D eigenvalue weighted by Crippen LogP contribution is -2.61. The van der Waals surface area contributed by atoms with Crippen molar-refractivity contribution >= 4 is 17.3 Å². The number of hydrogen-bond donors (Lipinski definition) is 4. The van der Waals surface area contributed by atoms with Gasteiger partial charge in [0.15, 0.2) is 22.9 Å². The molecule has 0 radical (unpaired) electrons. The minimum Gasteiger partial charge on any atom is -0.470 e. The highest BCUT2D eigenvalue weighted by atomic mass is 16.6. The number of aliphatic hydroxyl groups is 3. The van der Waals surface area contributed by atoms with Crippen LogP contribution in [0.1, 0.15) is 112 Å². The molecule has 1 saturated heterocycles. The van der Waals surface area contributed by atoms with Gasteiger partial charge in [0.1, 0.15) is 53.8 Å². The van der Waals surface area contributed by atoms with Crippen molar-refractivity contribution in [1.82, 2.24) is 30.6 Å². The average Bonchev–Trinajstić information content (AvgIpc) is 2.05. The fraction of sp³-hybridized carbons (Fsp3) is 0.446. The molecule has 0 spiro atoms. The number of Topliss-reactive ketones (excluding diaryl/α,β-unsaturated/α-hetero) is 3. The van der Waals surface area contributed by atoms with Gasteiger partial charge in [-0.1, -0.05) is 156 Å². The largest absolute Gasteiger partial charge is 0.470 e. The maximum absolute atomic E-state index is 13.7. The third-order valence-electron chi connectivity index (χ3n) is 18.0. The molecular weight excluding hydrogens is 1070 g/mol. The number of rotatable bonds is 16. The molecule has 14 atom stereocenters. The predicted octanol–water partition coefficient (Wildman–Crippen LogP) is 8.39. The highest BCUT2D eigenvalue weighted by molar-refractivity contribution is 6.09. The second kappa shape index (κ2) is 24.3. The lowest BCUT2D eigenvalue weighted by molar-refractivity contribution is -0.0861. The molecule has 19 heteroatoms. The van der Waals surface area contributed by atoms with Gasteiger partial charge in [-0.15, -0.1) is 0 Å². The van der Waals surface area contributed by atoms with Crippen LogP contribution in [0.4, 0.5) is 0 Å². The lowest BCUT2D eigenvalue weighted by atomic mass is 9.61. The summed E-state index contributed by atoms with van der Waals surface area (Å²) in [5.74, 6) is -0.134. The van der Waals surface area contributed by atoms with Gasteiger partial charge < -0.3 is 58.1 Å². The van der Waals surface area contributed by atoms with E-state index in [9.17, 15) is 29.7 Å². The number of hydrogen-bond acceptors (Lipinski definition) is 19. The monoisotopic (exact) mass is 1150 g/mol. The number of benzene rings is 3. The van der Waals surface area contributed by atoms with E-state index >= 15 is 0 Å². The van der Waals surface area contributed by atoms with E-state index in [2.05, 4.69) is 47.6 Å². The molecule has 444 valence electrons. The third-order valence-corrected chi connectivity index (χ3v) is 18.0. The molecule has 0 unspecified atom stereocenters. The number of aliphatic hydroxyl groups excluding tert-OH is 1. The maximum atomic E-state index is 13.7. The Kier molecular flexibility index (Phi) is 17.3. The van der Waals surface area contributed by atoms with Gasteiger partial charge in [0.25, 0.3) is 17.6 Å². The van der Waals surface area contributed by atoms with Crippen molar-refractivity contribution in [2.75, 3.05) is 41.8 Å². The van der Waals surface area contributed by atoms with E-state index in [-0.39, 0.29) is 89.4 Å². The molecule has 3 aromatic heterocycles. The fourth-order valence-electron chi connectivity index (χ4n) is 12.6. The number of carbonyl (C=O) groups excluding carboxylic acids is 3. The van der Waals surface area contributed by atoms with Crippen molar-refractivity contribution in [3.63, 3.8) is 0 Å². The molecule has 2 bridgehead atoms. The Morgan fingerprint density at radius 2 is 1.19 bits per heavy atom. The van der Waals surface area contributed by atoms with Crippen LogP contribution >= 0.6 is 0 Å². The second-order valence-electron chi connectivity index (χ2n) is 23.6. The number of likely N-dealkylation sites (N-methyl/N-ethyl adjacent to an activating group) is 1. The van der Waals surface area contributed by atoms with Crippen LogP contribution in [0.2, 0.25) is 0 Å². The summed E-state index contributed by atoms with van der Waals surface area (Å²) in [5.41, 5.74) is -0.474. The molecule has 13 rings (SSSR count). The lowest BCUT2D eigenvalue weighted by Gasteiger charge is -2.48. The summed E-state index contributed by atoms with van der Waals surface area (Å²) in [7, 11) is 9.41. The smallest absolute Gasteiger partial charge is 0.265 e. The zero-order valence-corrected chi connectivity index (χ0v) is 49.2. The van der Waals surface area contributed by atoms with Crippen molar-refractivity contribution in [3.8, 4) is 17.6 Å². The summed E-state index contributed by atoms with van der Waals surface area (Å²) >= 11 is 0. The van der Waals surface area contributed by atoms with E-state index in [4.69, 9.17) is 32.5 Å². The van der Waals surface area contributed by atoms with E-state index < -0.39 is 52.4 Å². The highest BCUT2D eigenvalue weighted by Crippen LogP contribution is 2.55. The molecule has 3 aromatic carbocycles. The molecule has 4 heterocycles. The third kappa shape index (κ3) is 10.9. The summed E-state index contributed by atoms with van der Waals surface area (Å²) < 4.78 is 40.2. The van der Waals surface area contributed by atoms with E-state index in [1.165, 1.54) is 0 Å². The maximum Gasteiger partial charge on any atom is 0.265 e. The van der Waals surface area contributed by atoms with Crippen LogP contribution < -0.4 is 19.5 Å². The molecule has 7 aliphatic rings.